The molecule has 1 atom stereocenters. The van der Waals surface area contributed by atoms with Crippen LogP contribution in [0.1, 0.15) is 19.8 Å². The predicted octanol–water partition coefficient (Wildman–Crippen LogP) is 1.41. The summed E-state index contributed by atoms with van der Waals surface area (Å²) >= 11 is 0. The Bertz CT molecular complexity index is 450. The number of para-hydroxylation sites is 2. The van der Waals surface area contributed by atoms with Crippen molar-refractivity contribution in [1.82, 2.24) is 4.90 Å². The van der Waals surface area contributed by atoms with Crippen LogP contribution in [-0.2, 0) is 4.79 Å². The fourth-order valence-electron chi connectivity index (χ4n) is 2.23. The normalized spacial score (nSPS) is 16.8. The average Bonchev–Trinajstić information content (AvgIpc) is 2.50. The summed E-state index contributed by atoms with van der Waals surface area (Å²) in [6.07, 6.45) is 1.16. The van der Waals surface area contributed by atoms with Crippen molar-refractivity contribution in [2.75, 3.05) is 26.2 Å². The zero-order chi connectivity index (χ0) is 14.4. The van der Waals surface area contributed by atoms with E-state index in [0.717, 1.165) is 19.4 Å². The van der Waals surface area contributed by atoms with Crippen molar-refractivity contribution in [3.63, 3.8) is 0 Å². The number of rotatable bonds is 6. The van der Waals surface area contributed by atoms with Crippen molar-refractivity contribution in [3.05, 3.63) is 24.3 Å². The lowest BCUT2D eigenvalue weighted by molar-refractivity contribution is -0.141. The van der Waals surface area contributed by atoms with Gasteiger partial charge in [0.25, 0.3) is 5.91 Å². The van der Waals surface area contributed by atoms with Crippen LogP contribution in [0.4, 0.5) is 0 Å². The molecular weight excluding hydrogens is 256 g/mol. The molecule has 0 fully saturated rings. The van der Waals surface area contributed by atoms with Gasteiger partial charge < -0.3 is 20.1 Å². The van der Waals surface area contributed by atoms with Crippen molar-refractivity contribution in [2.24, 2.45) is 5.73 Å². The molecule has 1 aliphatic heterocycles. The second-order valence-corrected chi connectivity index (χ2v) is 4.83. The number of amides is 1. The van der Waals surface area contributed by atoms with E-state index in [1.165, 1.54) is 0 Å². The van der Waals surface area contributed by atoms with E-state index in [0.29, 0.717) is 24.6 Å². The minimum absolute atomic E-state index is 0.0187. The standard InChI is InChI=1S/C15H22N2O3/c1-2-9-17(10-5-8-16)15(18)14-11-19-12-6-3-4-7-13(12)20-14/h3-4,6-7,14H,2,5,8-11,16H2,1H3. The molecule has 1 aromatic rings. The van der Waals surface area contributed by atoms with Crippen molar-refractivity contribution < 1.29 is 14.3 Å². The molecule has 1 heterocycles. The number of nitrogens with two attached hydrogens (primary N) is 1. The third-order valence-corrected chi connectivity index (χ3v) is 3.22. The van der Waals surface area contributed by atoms with Crippen LogP contribution < -0.4 is 15.2 Å². The van der Waals surface area contributed by atoms with Crippen LogP contribution in [0.2, 0.25) is 0 Å². The number of carbonyl (C=O) groups is 1. The number of fused-ring (bicyclic) bond motifs is 1. The second kappa shape index (κ2) is 7.14. The maximum absolute atomic E-state index is 12.5. The van der Waals surface area contributed by atoms with E-state index in [9.17, 15) is 4.79 Å². The Morgan fingerprint density at radius 3 is 2.80 bits per heavy atom. The number of carbonyl (C=O) groups excluding carboxylic acids is 1. The van der Waals surface area contributed by atoms with Crippen LogP contribution in [0.25, 0.3) is 0 Å². The fraction of sp³-hybridized carbons (Fsp3) is 0.533. The highest BCUT2D eigenvalue weighted by Gasteiger charge is 2.30. The van der Waals surface area contributed by atoms with Crippen molar-refractivity contribution >= 4 is 5.91 Å². The molecule has 0 aliphatic carbocycles. The number of hydrogen-bond acceptors (Lipinski definition) is 4. The van der Waals surface area contributed by atoms with Gasteiger partial charge in [-0.2, -0.15) is 0 Å². The van der Waals surface area contributed by atoms with Gasteiger partial charge >= 0.3 is 0 Å². The van der Waals surface area contributed by atoms with Crippen LogP contribution in [0.15, 0.2) is 24.3 Å². The third-order valence-electron chi connectivity index (χ3n) is 3.22. The molecular formula is C15H22N2O3. The minimum atomic E-state index is -0.561. The van der Waals surface area contributed by atoms with Crippen LogP contribution >= 0.6 is 0 Å². The van der Waals surface area contributed by atoms with Crippen LogP contribution in [0.5, 0.6) is 11.5 Å². The first kappa shape index (κ1) is 14.7. The summed E-state index contributed by atoms with van der Waals surface area (Å²) in [4.78, 5) is 14.3. The summed E-state index contributed by atoms with van der Waals surface area (Å²) in [5, 5.41) is 0. The van der Waals surface area contributed by atoms with E-state index in [4.69, 9.17) is 15.2 Å². The zero-order valence-corrected chi connectivity index (χ0v) is 11.9. The summed E-state index contributed by atoms with van der Waals surface area (Å²) < 4.78 is 11.3. The van der Waals surface area contributed by atoms with Crippen LogP contribution in [-0.4, -0.2) is 43.2 Å². The largest absolute Gasteiger partial charge is 0.485 e. The molecule has 1 amide bonds. The lowest BCUT2D eigenvalue weighted by atomic mass is 10.2. The molecule has 0 saturated heterocycles. The first-order valence-electron chi connectivity index (χ1n) is 7.13. The van der Waals surface area contributed by atoms with Gasteiger partial charge in [-0.05, 0) is 31.5 Å². The van der Waals surface area contributed by atoms with Crippen molar-refractivity contribution in [3.8, 4) is 11.5 Å². The highest BCUT2D eigenvalue weighted by Crippen LogP contribution is 2.31. The molecule has 110 valence electrons. The van der Waals surface area contributed by atoms with Gasteiger partial charge in [-0.1, -0.05) is 19.1 Å². The molecule has 2 rings (SSSR count). The Kier molecular flexibility index (Phi) is 5.24. The number of hydrogen-bond donors (Lipinski definition) is 1. The molecule has 20 heavy (non-hydrogen) atoms. The smallest absolute Gasteiger partial charge is 0.267 e. The molecule has 0 aromatic heterocycles. The highest BCUT2D eigenvalue weighted by atomic mass is 16.6. The van der Waals surface area contributed by atoms with Gasteiger partial charge in [0.15, 0.2) is 11.5 Å². The summed E-state index contributed by atoms with van der Waals surface area (Å²) in [6, 6.07) is 7.41. The van der Waals surface area contributed by atoms with E-state index in [2.05, 4.69) is 6.92 Å². The van der Waals surface area contributed by atoms with E-state index in [1.807, 2.05) is 29.2 Å². The molecule has 5 nitrogen and oxygen atoms in total. The molecule has 0 radical (unpaired) electrons. The van der Waals surface area contributed by atoms with Gasteiger partial charge in [-0.25, -0.2) is 0 Å². The van der Waals surface area contributed by atoms with E-state index in [-0.39, 0.29) is 12.5 Å². The van der Waals surface area contributed by atoms with Gasteiger partial charge in [-0.15, -0.1) is 0 Å². The molecule has 0 bridgehead atoms. The first-order valence-corrected chi connectivity index (χ1v) is 7.13. The SMILES string of the molecule is CCCN(CCCN)C(=O)C1COc2ccccc2O1. The molecule has 0 spiro atoms. The molecule has 2 N–H and O–H groups in total. The maximum atomic E-state index is 12.5. The molecule has 5 heteroatoms. The summed E-state index contributed by atoms with van der Waals surface area (Å²) in [5.41, 5.74) is 5.52. The third kappa shape index (κ3) is 3.42. The first-order chi connectivity index (χ1) is 9.76. The Labute approximate surface area is 119 Å². The Balaban J connectivity index is 2.01. The van der Waals surface area contributed by atoms with Gasteiger partial charge in [0.1, 0.15) is 6.61 Å². The minimum Gasteiger partial charge on any atom is -0.485 e. The van der Waals surface area contributed by atoms with E-state index < -0.39 is 6.10 Å². The molecule has 1 aliphatic rings. The van der Waals surface area contributed by atoms with E-state index in [1.54, 1.807) is 0 Å². The topological polar surface area (TPSA) is 64.8 Å². The number of ether oxygens (including phenoxy) is 2. The van der Waals surface area contributed by atoms with Crippen molar-refractivity contribution in [2.45, 2.75) is 25.9 Å². The molecule has 0 saturated carbocycles. The molecule has 1 aromatic carbocycles. The quantitative estimate of drug-likeness (QED) is 0.854. The fourth-order valence-corrected chi connectivity index (χ4v) is 2.23. The summed E-state index contributed by atoms with van der Waals surface area (Å²) in [6.45, 7) is 4.29. The van der Waals surface area contributed by atoms with Gasteiger partial charge in [0.05, 0.1) is 0 Å². The van der Waals surface area contributed by atoms with Gasteiger partial charge in [-0.3, -0.25) is 4.79 Å². The van der Waals surface area contributed by atoms with Crippen LogP contribution in [0, 0.1) is 0 Å². The average molecular weight is 278 g/mol. The Morgan fingerprint density at radius 1 is 1.35 bits per heavy atom. The zero-order valence-electron chi connectivity index (χ0n) is 11.9. The van der Waals surface area contributed by atoms with Crippen molar-refractivity contribution in [1.29, 1.82) is 0 Å². The van der Waals surface area contributed by atoms with Gasteiger partial charge in [0.2, 0.25) is 6.10 Å². The van der Waals surface area contributed by atoms with E-state index >= 15 is 0 Å². The number of nitrogens with zero attached hydrogens (tertiary/aromatic N) is 1. The van der Waals surface area contributed by atoms with Gasteiger partial charge in [0, 0.05) is 13.1 Å². The Hall–Kier alpha value is -1.75. The summed E-state index contributed by atoms with van der Waals surface area (Å²) in [7, 11) is 0. The second-order valence-electron chi connectivity index (χ2n) is 4.83. The van der Waals surface area contributed by atoms with Crippen LogP contribution in [0.3, 0.4) is 0 Å². The number of benzene rings is 1. The molecule has 1 unspecified atom stereocenters. The monoisotopic (exact) mass is 278 g/mol. The Morgan fingerprint density at radius 2 is 2.10 bits per heavy atom. The summed E-state index contributed by atoms with van der Waals surface area (Å²) in [5.74, 6) is 1.31. The predicted molar refractivity (Wildman–Crippen MR) is 76.9 cm³/mol. The lowest BCUT2D eigenvalue weighted by Gasteiger charge is -2.30. The lowest BCUT2D eigenvalue weighted by Crippen LogP contribution is -2.47. The maximum Gasteiger partial charge on any atom is 0.267 e. The highest BCUT2D eigenvalue weighted by molar-refractivity contribution is 5.82.